The molecule has 2 atom stereocenters. The lowest BCUT2D eigenvalue weighted by atomic mass is 10.1. The normalized spacial score (nSPS) is 24.8. The molecule has 84 valence electrons. The van der Waals surface area contributed by atoms with Crippen molar-refractivity contribution in [1.82, 2.24) is 9.97 Å². The van der Waals surface area contributed by atoms with Crippen molar-refractivity contribution in [2.24, 2.45) is 5.73 Å². The number of nitrogens with one attached hydrogen (secondary N) is 1. The molecule has 1 aromatic heterocycles. The summed E-state index contributed by atoms with van der Waals surface area (Å²) in [5.74, 6) is 0.560. The van der Waals surface area contributed by atoms with Crippen LogP contribution in [0.25, 0.3) is 0 Å². The molecule has 0 saturated carbocycles. The molecule has 0 aromatic carbocycles. The quantitative estimate of drug-likeness (QED) is 0.719. The molecule has 2 rings (SSSR count). The van der Waals surface area contributed by atoms with Crippen molar-refractivity contribution >= 4 is 5.82 Å². The van der Waals surface area contributed by atoms with Gasteiger partial charge >= 0.3 is 0 Å². The van der Waals surface area contributed by atoms with Crippen LogP contribution in [0.5, 0.6) is 0 Å². The van der Waals surface area contributed by atoms with Gasteiger partial charge in [-0.25, -0.2) is 4.98 Å². The van der Waals surface area contributed by atoms with E-state index in [1.165, 1.54) is 6.20 Å². The molecule has 1 aliphatic rings. The lowest BCUT2D eigenvalue weighted by molar-refractivity contribution is 0.0767. The molecule has 2 heterocycles. The highest BCUT2D eigenvalue weighted by molar-refractivity contribution is 5.36. The smallest absolute Gasteiger partial charge is 0.161 e. The first-order valence-electron chi connectivity index (χ1n) is 5.11. The van der Waals surface area contributed by atoms with Crippen LogP contribution in [0.1, 0.15) is 12.1 Å². The Morgan fingerprint density at radius 3 is 3.19 bits per heavy atom. The Morgan fingerprint density at radius 2 is 2.44 bits per heavy atom. The van der Waals surface area contributed by atoms with Gasteiger partial charge in [-0.05, 0) is 6.42 Å². The molecule has 1 aliphatic heterocycles. The number of hydrogen-bond acceptors (Lipinski definition) is 6. The largest absolute Gasteiger partial charge is 0.379 e. The second-order valence-corrected chi connectivity index (χ2v) is 3.68. The molecule has 0 amide bonds. The summed E-state index contributed by atoms with van der Waals surface area (Å²) in [4.78, 5) is 7.99. The van der Waals surface area contributed by atoms with E-state index in [1.807, 2.05) is 6.07 Å². The van der Waals surface area contributed by atoms with Crippen molar-refractivity contribution in [3.8, 4) is 6.07 Å². The predicted molar refractivity (Wildman–Crippen MR) is 57.6 cm³/mol. The Morgan fingerprint density at radius 1 is 1.56 bits per heavy atom. The summed E-state index contributed by atoms with van der Waals surface area (Å²) in [7, 11) is 0. The monoisotopic (exact) mass is 219 g/mol. The third kappa shape index (κ3) is 2.45. The lowest BCUT2D eigenvalue weighted by Crippen LogP contribution is -2.47. The summed E-state index contributed by atoms with van der Waals surface area (Å²) in [6, 6.07) is 2.01. The average Bonchev–Trinajstić information content (AvgIpc) is 2.32. The minimum absolute atomic E-state index is 0.0250. The van der Waals surface area contributed by atoms with Crippen LogP contribution in [-0.4, -0.2) is 35.3 Å². The van der Waals surface area contributed by atoms with Crippen molar-refractivity contribution in [2.75, 3.05) is 18.5 Å². The Bertz CT molecular complexity index is 402. The average molecular weight is 219 g/mol. The second-order valence-electron chi connectivity index (χ2n) is 3.68. The Hall–Kier alpha value is -1.71. The summed E-state index contributed by atoms with van der Waals surface area (Å²) in [6.07, 6.45) is 3.81. The fraction of sp³-hybridized carbons (Fsp3) is 0.500. The summed E-state index contributed by atoms with van der Waals surface area (Å²) in [5.41, 5.74) is 6.23. The third-order valence-corrected chi connectivity index (χ3v) is 2.49. The van der Waals surface area contributed by atoms with Crippen LogP contribution in [-0.2, 0) is 4.74 Å². The van der Waals surface area contributed by atoms with E-state index in [1.54, 1.807) is 6.20 Å². The van der Waals surface area contributed by atoms with Crippen LogP contribution in [0.15, 0.2) is 12.4 Å². The molecule has 1 fully saturated rings. The summed E-state index contributed by atoms with van der Waals surface area (Å²) in [6.45, 7) is 1.25. The number of nitrogens with two attached hydrogens (primary N) is 1. The molecular formula is C10H13N5O. The topological polar surface area (TPSA) is 96.8 Å². The minimum atomic E-state index is 0.0250. The summed E-state index contributed by atoms with van der Waals surface area (Å²) in [5, 5.41) is 11.8. The molecular weight excluding hydrogens is 206 g/mol. The zero-order valence-electron chi connectivity index (χ0n) is 8.76. The standard InChI is InChI=1S/C10H13N5O/c11-3-7-4-13-5-10(14-7)15-9-6-16-2-1-8(9)12/h4-5,8-9H,1-2,6,12H2,(H,14,15). The number of nitrogens with zero attached hydrogens (tertiary/aromatic N) is 3. The van der Waals surface area contributed by atoms with Crippen molar-refractivity contribution in [3.05, 3.63) is 18.1 Å². The van der Waals surface area contributed by atoms with Crippen LogP contribution in [0.4, 0.5) is 5.82 Å². The van der Waals surface area contributed by atoms with Gasteiger partial charge in [-0.2, -0.15) is 5.26 Å². The van der Waals surface area contributed by atoms with E-state index in [4.69, 9.17) is 15.7 Å². The Balaban J connectivity index is 2.05. The van der Waals surface area contributed by atoms with Gasteiger partial charge in [0.2, 0.25) is 0 Å². The van der Waals surface area contributed by atoms with Crippen LogP contribution in [0.2, 0.25) is 0 Å². The van der Waals surface area contributed by atoms with Crippen molar-refractivity contribution in [2.45, 2.75) is 18.5 Å². The van der Waals surface area contributed by atoms with E-state index < -0.39 is 0 Å². The fourth-order valence-corrected chi connectivity index (χ4v) is 1.58. The summed E-state index contributed by atoms with van der Waals surface area (Å²) < 4.78 is 5.33. The molecule has 0 spiro atoms. The number of rotatable bonds is 2. The highest BCUT2D eigenvalue weighted by Crippen LogP contribution is 2.11. The summed E-state index contributed by atoms with van der Waals surface area (Å²) >= 11 is 0. The lowest BCUT2D eigenvalue weighted by Gasteiger charge is -2.29. The molecule has 0 bridgehead atoms. The molecule has 1 saturated heterocycles. The first kappa shape index (κ1) is 10.8. The van der Waals surface area contributed by atoms with Crippen molar-refractivity contribution in [3.63, 3.8) is 0 Å². The molecule has 0 radical (unpaired) electrons. The van der Waals surface area contributed by atoms with E-state index in [0.29, 0.717) is 19.0 Å². The molecule has 16 heavy (non-hydrogen) atoms. The number of ether oxygens (including phenoxy) is 1. The fourth-order valence-electron chi connectivity index (χ4n) is 1.58. The van der Waals surface area contributed by atoms with Crippen LogP contribution in [0.3, 0.4) is 0 Å². The van der Waals surface area contributed by atoms with Crippen LogP contribution >= 0.6 is 0 Å². The highest BCUT2D eigenvalue weighted by atomic mass is 16.5. The van der Waals surface area contributed by atoms with Crippen molar-refractivity contribution in [1.29, 1.82) is 5.26 Å². The zero-order valence-corrected chi connectivity index (χ0v) is 8.76. The van der Waals surface area contributed by atoms with E-state index in [9.17, 15) is 0 Å². The molecule has 6 heteroatoms. The van der Waals surface area contributed by atoms with Gasteiger partial charge in [0.1, 0.15) is 11.9 Å². The molecule has 3 N–H and O–H groups in total. The molecule has 1 aromatic rings. The van der Waals surface area contributed by atoms with Crippen LogP contribution in [0, 0.1) is 11.3 Å². The zero-order chi connectivity index (χ0) is 11.4. The second kappa shape index (κ2) is 4.88. The maximum absolute atomic E-state index is 8.69. The Kier molecular flexibility index (Phi) is 3.29. The van der Waals surface area contributed by atoms with Gasteiger partial charge in [0, 0.05) is 12.6 Å². The first-order chi connectivity index (χ1) is 7.79. The maximum Gasteiger partial charge on any atom is 0.161 e. The predicted octanol–water partition coefficient (Wildman–Crippen LogP) is -0.124. The van der Waals surface area contributed by atoms with Gasteiger partial charge < -0.3 is 15.8 Å². The maximum atomic E-state index is 8.69. The number of hydrogen-bond donors (Lipinski definition) is 2. The SMILES string of the molecule is N#Cc1cncc(NC2COCCC2N)n1. The number of aromatic nitrogens is 2. The van der Waals surface area contributed by atoms with E-state index in [0.717, 1.165) is 6.42 Å². The van der Waals surface area contributed by atoms with E-state index in [2.05, 4.69) is 15.3 Å². The van der Waals surface area contributed by atoms with E-state index >= 15 is 0 Å². The highest BCUT2D eigenvalue weighted by Gasteiger charge is 2.22. The molecule has 2 unspecified atom stereocenters. The van der Waals surface area contributed by atoms with Gasteiger partial charge in [-0.15, -0.1) is 0 Å². The van der Waals surface area contributed by atoms with Gasteiger partial charge in [0.15, 0.2) is 5.69 Å². The van der Waals surface area contributed by atoms with Crippen LogP contribution < -0.4 is 11.1 Å². The number of nitriles is 1. The number of anilines is 1. The van der Waals surface area contributed by atoms with Gasteiger partial charge in [-0.1, -0.05) is 0 Å². The molecule has 6 nitrogen and oxygen atoms in total. The molecule has 0 aliphatic carbocycles. The van der Waals surface area contributed by atoms with Crippen molar-refractivity contribution < 1.29 is 4.74 Å². The van der Waals surface area contributed by atoms with E-state index in [-0.39, 0.29) is 17.8 Å². The first-order valence-corrected chi connectivity index (χ1v) is 5.11. The third-order valence-electron chi connectivity index (χ3n) is 2.49. The van der Waals surface area contributed by atoms with Gasteiger partial charge in [0.05, 0.1) is 25.0 Å². The Labute approximate surface area is 93.5 Å². The van der Waals surface area contributed by atoms with Gasteiger partial charge in [0.25, 0.3) is 0 Å². The minimum Gasteiger partial charge on any atom is -0.379 e. The van der Waals surface area contributed by atoms with Gasteiger partial charge in [-0.3, -0.25) is 4.98 Å².